The average molecular weight is 415 g/mol. The quantitative estimate of drug-likeness (QED) is 0.708. The highest BCUT2D eigenvalue weighted by atomic mass is 32.2. The number of hydrogen-bond acceptors (Lipinski definition) is 6. The van der Waals surface area contributed by atoms with Crippen LogP contribution < -0.4 is 9.80 Å². The summed E-state index contributed by atoms with van der Waals surface area (Å²) in [5.41, 5.74) is -0.147. The Kier molecular flexibility index (Phi) is 5.48. The molecule has 0 unspecified atom stereocenters. The van der Waals surface area contributed by atoms with Crippen molar-refractivity contribution in [2.45, 2.75) is 50.0 Å². The van der Waals surface area contributed by atoms with E-state index in [1.54, 1.807) is 9.80 Å². The molecular weight excluding hydrogens is 386 g/mol. The van der Waals surface area contributed by atoms with Crippen LogP contribution in [-0.4, -0.2) is 69.4 Å². The first-order chi connectivity index (χ1) is 13.4. The van der Waals surface area contributed by atoms with Crippen LogP contribution in [0.15, 0.2) is 4.90 Å². The van der Waals surface area contributed by atoms with Crippen LogP contribution in [0.3, 0.4) is 0 Å². The number of aromatic nitrogens is 1. The summed E-state index contributed by atoms with van der Waals surface area (Å²) in [5.74, 6) is -2.10. The Hall–Kier alpha value is -1.48. The van der Waals surface area contributed by atoms with E-state index in [0.29, 0.717) is 13.1 Å². The lowest BCUT2D eigenvalue weighted by molar-refractivity contribution is 0.269. The molecule has 2 fully saturated rings. The van der Waals surface area contributed by atoms with E-state index in [1.165, 1.54) is 0 Å². The van der Waals surface area contributed by atoms with E-state index in [-0.39, 0.29) is 29.8 Å². The zero-order chi connectivity index (χ0) is 19.9. The molecule has 1 saturated carbocycles. The number of rotatable bonds is 3. The summed E-state index contributed by atoms with van der Waals surface area (Å²) >= 11 is 0. The molecule has 1 aromatic rings. The second kappa shape index (κ2) is 7.74. The molecule has 0 aromatic carbocycles. The SMILES string of the molecule is CCN1CCN(c2nc(F)c3c(c2F)S(=O)(=O)CCN3C2CCCCC2)CC1. The summed E-state index contributed by atoms with van der Waals surface area (Å²) < 4.78 is 56.0. The smallest absolute Gasteiger partial charge is 0.239 e. The number of likely N-dealkylation sites (N-methyl/N-ethyl adjacent to an activating group) is 1. The molecule has 1 saturated heterocycles. The highest BCUT2D eigenvalue weighted by Gasteiger charge is 2.40. The third kappa shape index (κ3) is 3.47. The first-order valence-electron chi connectivity index (χ1n) is 10.3. The predicted molar refractivity (Wildman–Crippen MR) is 105 cm³/mol. The van der Waals surface area contributed by atoms with Gasteiger partial charge in [0.05, 0.1) is 5.75 Å². The van der Waals surface area contributed by atoms with Crippen LogP contribution in [0.4, 0.5) is 20.3 Å². The van der Waals surface area contributed by atoms with E-state index in [0.717, 1.165) is 51.7 Å². The molecule has 0 radical (unpaired) electrons. The zero-order valence-corrected chi connectivity index (χ0v) is 17.1. The van der Waals surface area contributed by atoms with Gasteiger partial charge in [-0.2, -0.15) is 9.37 Å². The van der Waals surface area contributed by atoms with E-state index in [4.69, 9.17) is 0 Å². The van der Waals surface area contributed by atoms with Crippen molar-refractivity contribution in [3.05, 3.63) is 11.8 Å². The number of nitrogens with zero attached hydrogens (tertiary/aromatic N) is 4. The maximum Gasteiger partial charge on any atom is 0.239 e. The van der Waals surface area contributed by atoms with Gasteiger partial charge in [-0.05, 0) is 19.4 Å². The van der Waals surface area contributed by atoms with Gasteiger partial charge in [0.25, 0.3) is 0 Å². The average Bonchev–Trinajstić information content (AvgIpc) is 2.71. The van der Waals surface area contributed by atoms with E-state index in [1.807, 2.05) is 0 Å². The van der Waals surface area contributed by atoms with Crippen LogP contribution in [0.5, 0.6) is 0 Å². The standard InChI is InChI=1S/C19H28F2N4O2S/c1-2-23-8-10-24(11-9-23)19-15(20)17-16(18(21)22-19)25(12-13-28(17,26)27)14-6-4-3-5-7-14/h14H,2-13H2,1H3. The van der Waals surface area contributed by atoms with E-state index in [9.17, 15) is 8.42 Å². The van der Waals surface area contributed by atoms with Gasteiger partial charge in [0, 0.05) is 38.8 Å². The molecule has 4 rings (SSSR count). The van der Waals surface area contributed by atoms with E-state index in [2.05, 4.69) is 16.8 Å². The van der Waals surface area contributed by atoms with Crippen LogP contribution in [-0.2, 0) is 9.84 Å². The summed E-state index contributed by atoms with van der Waals surface area (Å²) in [6.07, 6.45) is 4.94. The number of fused-ring (bicyclic) bond motifs is 1. The molecule has 6 nitrogen and oxygen atoms in total. The third-order valence-corrected chi connectivity index (χ3v) is 8.06. The van der Waals surface area contributed by atoms with Crippen LogP contribution in [0.2, 0.25) is 0 Å². The minimum Gasteiger partial charge on any atom is -0.363 e. The van der Waals surface area contributed by atoms with Gasteiger partial charge in [-0.1, -0.05) is 26.2 Å². The van der Waals surface area contributed by atoms with Crippen LogP contribution in [0, 0.1) is 11.8 Å². The van der Waals surface area contributed by atoms with Crippen molar-refractivity contribution < 1.29 is 17.2 Å². The van der Waals surface area contributed by atoms with Crippen molar-refractivity contribution >= 4 is 21.3 Å². The molecular formula is C19H28F2N4O2S. The van der Waals surface area contributed by atoms with Gasteiger partial charge < -0.3 is 14.7 Å². The Labute approximate surface area is 165 Å². The maximum absolute atomic E-state index is 15.4. The molecule has 2 aliphatic heterocycles. The van der Waals surface area contributed by atoms with Crippen molar-refractivity contribution in [1.29, 1.82) is 0 Å². The molecule has 0 atom stereocenters. The van der Waals surface area contributed by atoms with Crippen LogP contribution in [0.25, 0.3) is 0 Å². The van der Waals surface area contributed by atoms with Gasteiger partial charge in [-0.15, -0.1) is 0 Å². The molecule has 0 spiro atoms. The summed E-state index contributed by atoms with van der Waals surface area (Å²) in [4.78, 5) is 9.09. The van der Waals surface area contributed by atoms with Gasteiger partial charge in [-0.3, -0.25) is 0 Å². The van der Waals surface area contributed by atoms with Crippen molar-refractivity contribution in [3.8, 4) is 0 Å². The Bertz CT molecular complexity index is 835. The normalized spacial score (nSPS) is 23.7. The van der Waals surface area contributed by atoms with Gasteiger partial charge in [0.1, 0.15) is 10.6 Å². The lowest BCUT2D eigenvalue weighted by Crippen LogP contribution is -2.48. The van der Waals surface area contributed by atoms with Crippen LogP contribution in [0.1, 0.15) is 39.0 Å². The van der Waals surface area contributed by atoms with Crippen molar-refractivity contribution in [1.82, 2.24) is 9.88 Å². The Morgan fingerprint density at radius 3 is 2.36 bits per heavy atom. The molecule has 1 aromatic heterocycles. The number of sulfone groups is 1. The van der Waals surface area contributed by atoms with Crippen molar-refractivity contribution in [3.63, 3.8) is 0 Å². The number of halogens is 2. The van der Waals surface area contributed by atoms with Crippen LogP contribution >= 0.6 is 0 Å². The molecule has 9 heteroatoms. The lowest BCUT2D eigenvalue weighted by Gasteiger charge is -2.40. The summed E-state index contributed by atoms with van der Waals surface area (Å²) in [7, 11) is -3.88. The maximum atomic E-state index is 15.4. The molecule has 0 amide bonds. The monoisotopic (exact) mass is 414 g/mol. The molecule has 28 heavy (non-hydrogen) atoms. The minimum atomic E-state index is -3.88. The fraction of sp³-hybridized carbons (Fsp3) is 0.737. The van der Waals surface area contributed by atoms with E-state index < -0.39 is 26.5 Å². The van der Waals surface area contributed by atoms with Gasteiger partial charge in [-0.25, -0.2) is 12.8 Å². The van der Waals surface area contributed by atoms with Gasteiger partial charge in [0.15, 0.2) is 21.5 Å². The van der Waals surface area contributed by atoms with Crippen molar-refractivity contribution in [2.75, 3.05) is 54.8 Å². The Morgan fingerprint density at radius 1 is 1.04 bits per heavy atom. The first-order valence-corrected chi connectivity index (χ1v) is 11.9. The third-order valence-electron chi connectivity index (χ3n) is 6.34. The number of hydrogen-bond donors (Lipinski definition) is 0. The highest BCUT2D eigenvalue weighted by molar-refractivity contribution is 7.91. The van der Waals surface area contributed by atoms with E-state index >= 15 is 8.78 Å². The Balaban J connectivity index is 1.75. The lowest BCUT2D eigenvalue weighted by atomic mass is 9.94. The molecule has 0 bridgehead atoms. The fourth-order valence-corrected chi connectivity index (χ4v) is 6.20. The van der Waals surface area contributed by atoms with Gasteiger partial charge >= 0.3 is 0 Å². The van der Waals surface area contributed by atoms with Crippen molar-refractivity contribution in [2.24, 2.45) is 0 Å². The number of pyridine rings is 1. The minimum absolute atomic E-state index is 0.0534. The molecule has 156 valence electrons. The second-order valence-electron chi connectivity index (χ2n) is 7.94. The number of anilines is 2. The highest BCUT2D eigenvalue weighted by Crippen LogP contribution is 2.41. The molecule has 0 N–H and O–H groups in total. The largest absolute Gasteiger partial charge is 0.363 e. The fourth-order valence-electron chi connectivity index (χ4n) is 4.70. The van der Waals surface area contributed by atoms with Gasteiger partial charge in [0.2, 0.25) is 5.95 Å². The molecule has 3 heterocycles. The Morgan fingerprint density at radius 2 is 1.71 bits per heavy atom. The summed E-state index contributed by atoms with van der Waals surface area (Å²) in [5, 5.41) is 0. The first kappa shape index (κ1) is 19.8. The zero-order valence-electron chi connectivity index (χ0n) is 16.3. The summed E-state index contributed by atoms with van der Waals surface area (Å²) in [6, 6.07) is 0.0534. The molecule has 3 aliphatic rings. The number of piperazine rings is 1. The summed E-state index contributed by atoms with van der Waals surface area (Å²) in [6.45, 7) is 5.60. The predicted octanol–water partition coefficient (Wildman–Crippen LogP) is 2.43. The second-order valence-corrected chi connectivity index (χ2v) is 9.99. The topological polar surface area (TPSA) is 56.8 Å². The molecule has 1 aliphatic carbocycles.